The summed E-state index contributed by atoms with van der Waals surface area (Å²) >= 11 is 0. The second-order valence-electron chi connectivity index (χ2n) is 4.94. The SMILES string of the molecule is Nc1ccc(C(=O)O)cc1NCCCN1CCCC1. The molecule has 1 aromatic carbocycles. The fraction of sp³-hybridized carbons (Fsp3) is 0.500. The number of nitrogen functional groups attached to an aromatic ring is 1. The summed E-state index contributed by atoms with van der Waals surface area (Å²) in [6.45, 7) is 4.31. The summed E-state index contributed by atoms with van der Waals surface area (Å²) < 4.78 is 0. The van der Waals surface area contributed by atoms with Crippen LogP contribution < -0.4 is 11.1 Å². The molecule has 0 radical (unpaired) electrons. The third-order valence-corrected chi connectivity index (χ3v) is 3.47. The number of nitrogens with one attached hydrogen (secondary N) is 1. The van der Waals surface area contributed by atoms with Gasteiger partial charge in [-0.25, -0.2) is 4.79 Å². The number of hydrogen-bond donors (Lipinski definition) is 3. The van der Waals surface area contributed by atoms with E-state index in [9.17, 15) is 4.79 Å². The van der Waals surface area contributed by atoms with E-state index in [1.54, 1.807) is 12.1 Å². The zero-order valence-corrected chi connectivity index (χ0v) is 11.1. The largest absolute Gasteiger partial charge is 0.478 e. The molecule has 1 aliphatic heterocycles. The number of nitrogens with zero attached hydrogens (tertiary/aromatic N) is 1. The molecule has 1 fully saturated rings. The van der Waals surface area contributed by atoms with E-state index in [1.165, 1.54) is 32.0 Å². The Bertz CT molecular complexity index is 442. The van der Waals surface area contributed by atoms with Crippen LogP contribution in [0.3, 0.4) is 0 Å². The lowest BCUT2D eigenvalue weighted by Crippen LogP contribution is -2.22. The van der Waals surface area contributed by atoms with Crippen molar-refractivity contribution in [2.45, 2.75) is 19.3 Å². The highest BCUT2D eigenvalue weighted by Gasteiger charge is 2.10. The number of hydrogen-bond acceptors (Lipinski definition) is 4. The van der Waals surface area contributed by atoms with E-state index in [2.05, 4.69) is 10.2 Å². The minimum absolute atomic E-state index is 0.260. The zero-order chi connectivity index (χ0) is 13.7. The maximum Gasteiger partial charge on any atom is 0.335 e. The van der Waals surface area contributed by atoms with Crippen LogP contribution >= 0.6 is 0 Å². The second-order valence-corrected chi connectivity index (χ2v) is 4.94. The zero-order valence-electron chi connectivity index (χ0n) is 11.1. The second kappa shape index (κ2) is 6.43. The number of likely N-dealkylation sites (tertiary alicyclic amines) is 1. The molecule has 0 spiro atoms. The van der Waals surface area contributed by atoms with Gasteiger partial charge in [-0.2, -0.15) is 0 Å². The molecule has 1 heterocycles. The van der Waals surface area contributed by atoms with Crippen molar-refractivity contribution in [1.82, 2.24) is 4.90 Å². The molecule has 0 unspecified atom stereocenters. The highest BCUT2D eigenvalue weighted by Crippen LogP contribution is 2.20. The van der Waals surface area contributed by atoms with Gasteiger partial charge in [0.05, 0.1) is 16.9 Å². The van der Waals surface area contributed by atoms with E-state index >= 15 is 0 Å². The van der Waals surface area contributed by atoms with Crippen LogP contribution in [0.2, 0.25) is 0 Å². The van der Waals surface area contributed by atoms with Gasteiger partial charge in [0, 0.05) is 6.54 Å². The Kier molecular flexibility index (Phi) is 4.63. The van der Waals surface area contributed by atoms with E-state index < -0.39 is 5.97 Å². The number of carboxylic acid groups (broad SMARTS) is 1. The molecule has 19 heavy (non-hydrogen) atoms. The van der Waals surface area contributed by atoms with E-state index in [0.717, 1.165) is 19.5 Å². The molecule has 0 amide bonds. The average molecular weight is 263 g/mol. The highest BCUT2D eigenvalue weighted by atomic mass is 16.4. The highest BCUT2D eigenvalue weighted by molar-refractivity contribution is 5.90. The van der Waals surface area contributed by atoms with Crippen LogP contribution in [0.4, 0.5) is 11.4 Å². The first-order chi connectivity index (χ1) is 9.16. The van der Waals surface area contributed by atoms with Gasteiger partial charge in [-0.3, -0.25) is 0 Å². The first-order valence-corrected chi connectivity index (χ1v) is 6.76. The summed E-state index contributed by atoms with van der Waals surface area (Å²) in [5.74, 6) is -0.930. The summed E-state index contributed by atoms with van der Waals surface area (Å²) in [5, 5.41) is 12.2. The third-order valence-electron chi connectivity index (χ3n) is 3.47. The molecular formula is C14H21N3O2. The van der Waals surface area contributed by atoms with Gasteiger partial charge in [0.15, 0.2) is 0 Å². The number of carboxylic acids is 1. The van der Waals surface area contributed by atoms with E-state index in [0.29, 0.717) is 11.4 Å². The maximum absolute atomic E-state index is 10.9. The van der Waals surface area contributed by atoms with Crippen LogP contribution in [0.25, 0.3) is 0 Å². The molecule has 0 atom stereocenters. The lowest BCUT2D eigenvalue weighted by molar-refractivity contribution is 0.0697. The molecule has 5 heteroatoms. The molecule has 2 rings (SSSR count). The van der Waals surface area contributed by atoms with Gasteiger partial charge in [-0.1, -0.05) is 0 Å². The summed E-state index contributed by atoms with van der Waals surface area (Å²) in [5.41, 5.74) is 7.39. The monoisotopic (exact) mass is 263 g/mol. The number of carbonyl (C=O) groups is 1. The predicted octanol–water partition coefficient (Wildman–Crippen LogP) is 1.86. The van der Waals surface area contributed by atoms with Crippen LogP contribution in [0.5, 0.6) is 0 Å². The van der Waals surface area contributed by atoms with Crippen LogP contribution in [0, 0.1) is 0 Å². The molecule has 104 valence electrons. The molecule has 0 bridgehead atoms. The Morgan fingerprint density at radius 2 is 2.11 bits per heavy atom. The average Bonchev–Trinajstić information content (AvgIpc) is 2.89. The summed E-state index contributed by atoms with van der Waals surface area (Å²) in [4.78, 5) is 13.4. The van der Waals surface area contributed by atoms with Crippen LogP contribution in [-0.4, -0.2) is 42.2 Å². The van der Waals surface area contributed by atoms with Crippen molar-refractivity contribution in [3.8, 4) is 0 Å². The number of aromatic carboxylic acids is 1. The van der Waals surface area contributed by atoms with Crippen molar-refractivity contribution >= 4 is 17.3 Å². The fourth-order valence-electron chi connectivity index (χ4n) is 2.37. The van der Waals surface area contributed by atoms with Crippen molar-refractivity contribution in [3.63, 3.8) is 0 Å². The van der Waals surface area contributed by atoms with E-state index in [-0.39, 0.29) is 5.56 Å². The van der Waals surface area contributed by atoms with Gasteiger partial charge in [0.1, 0.15) is 0 Å². The van der Waals surface area contributed by atoms with Crippen molar-refractivity contribution in [3.05, 3.63) is 23.8 Å². The van der Waals surface area contributed by atoms with E-state index in [4.69, 9.17) is 10.8 Å². The Balaban J connectivity index is 1.81. The number of rotatable bonds is 6. The first-order valence-electron chi connectivity index (χ1n) is 6.76. The van der Waals surface area contributed by atoms with Crippen molar-refractivity contribution < 1.29 is 9.90 Å². The quantitative estimate of drug-likeness (QED) is 0.539. The molecule has 5 nitrogen and oxygen atoms in total. The number of anilines is 2. The molecule has 1 aromatic rings. The lowest BCUT2D eigenvalue weighted by Gasteiger charge is -2.15. The van der Waals surface area contributed by atoms with Crippen molar-refractivity contribution in [2.75, 3.05) is 37.2 Å². The smallest absolute Gasteiger partial charge is 0.335 e. The Morgan fingerprint density at radius 1 is 1.37 bits per heavy atom. The Morgan fingerprint density at radius 3 is 2.79 bits per heavy atom. The molecule has 0 aromatic heterocycles. The predicted molar refractivity (Wildman–Crippen MR) is 76.6 cm³/mol. The molecule has 0 aliphatic carbocycles. The molecule has 1 saturated heterocycles. The van der Waals surface area contributed by atoms with Gasteiger partial charge in [0.2, 0.25) is 0 Å². The van der Waals surface area contributed by atoms with Crippen LogP contribution in [0.1, 0.15) is 29.6 Å². The topological polar surface area (TPSA) is 78.6 Å². The lowest BCUT2D eigenvalue weighted by atomic mass is 10.1. The number of benzene rings is 1. The van der Waals surface area contributed by atoms with Crippen molar-refractivity contribution in [1.29, 1.82) is 0 Å². The summed E-state index contributed by atoms with van der Waals surface area (Å²) in [6.07, 6.45) is 3.65. The normalized spacial score (nSPS) is 15.6. The molecular weight excluding hydrogens is 242 g/mol. The summed E-state index contributed by atoms with van der Waals surface area (Å²) in [7, 11) is 0. The minimum Gasteiger partial charge on any atom is -0.478 e. The van der Waals surface area contributed by atoms with Gasteiger partial charge in [-0.15, -0.1) is 0 Å². The Labute approximate surface area is 113 Å². The Hall–Kier alpha value is -1.75. The molecule has 1 aliphatic rings. The first kappa shape index (κ1) is 13.7. The van der Waals surface area contributed by atoms with Gasteiger partial charge in [-0.05, 0) is 57.1 Å². The van der Waals surface area contributed by atoms with Gasteiger partial charge < -0.3 is 21.1 Å². The van der Waals surface area contributed by atoms with Gasteiger partial charge in [0.25, 0.3) is 0 Å². The third kappa shape index (κ3) is 3.86. The van der Waals surface area contributed by atoms with E-state index in [1.807, 2.05) is 0 Å². The van der Waals surface area contributed by atoms with Crippen LogP contribution in [0.15, 0.2) is 18.2 Å². The summed E-state index contributed by atoms with van der Waals surface area (Å²) in [6, 6.07) is 4.74. The molecule has 0 saturated carbocycles. The minimum atomic E-state index is -0.930. The van der Waals surface area contributed by atoms with Crippen molar-refractivity contribution in [2.24, 2.45) is 0 Å². The standard InChI is InChI=1S/C14H21N3O2/c15-12-5-4-11(14(18)19)10-13(12)16-6-3-9-17-7-1-2-8-17/h4-5,10,16H,1-3,6-9,15H2,(H,18,19). The fourth-order valence-corrected chi connectivity index (χ4v) is 2.37. The molecule has 4 N–H and O–H groups in total. The van der Waals surface area contributed by atoms with Gasteiger partial charge >= 0.3 is 5.97 Å². The van der Waals surface area contributed by atoms with Crippen LogP contribution in [-0.2, 0) is 0 Å². The maximum atomic E-state index is 10.9. The number of nitrogens with two attached hydrogens (primary N) is 1.